The van der Waals surface area contributed by atoms with Gasteiger partial charge in [-0.1, -0.05) is 35.5 Å². The lowest BCUT2D eigenvalue weighted by atomic mass is 9.85. The highest BCUT2D eigenvalue weighted by Gasteiger charge is 2.26. The molecule has 0 aliphatic heterocycles. The van der Waals surface area contributed by atoms with Gasteiger partial charge in [0, 0.05) is 24.7 Å². The first kappa shape index (κ1) is 19.4. The number of rotatable bonds is 9. The molecule has 0 radical (unpaired) electrons. The van der Waals surface area contributed by atoms with Gasteiger partial charge in [0.05, 0.1) is 0 Å². The van der Waals surface area contributed by atoms with Crippen molar-refractivity contribution in [2.45, 2.75) is 64.2 Å². The van der Waals surface area contributed by atoms with E-state index in [0.29, 0.717) is 10.3 Å². The Morgan fingerprint density at radius 3 is 1.54 bits per heavy atom. The first-order valence-electron chi connectivity index (χ1n) is 9.94. The van der Waals surface area contributed by atoms with Gasteiger partial charge in [0.15, 0.2) is 0 Å². The van der Waals surface area contributed by atoms with Crippen LogP contribution in [-0.4, -0.2) is 32.2 Å². The zero-order valence-corrected chi connectivity index (χ0v) is 17.3. The first-order valence-corrected chi connectivity index (χ1v) is 11.6. The Bertz CT molecular complexity index is 759. The molecule has 2 aromatic rings. The maximum atomic E-state index is 11.9. The highest BCUT2D eigenvalue weighted by atomic mass is 32.1. The summed E-state index contributed by atoms with van der Waals surface area (Å²) in [5.41, 5.74) is 0. The lowest BCUT2D eigenvalue weighted by Crippen LogP contribution is -2.27. The van der Waals surface area contributed by atoms with E-state index in [2.05, 4.69) is 31.0 Å². The summed E-state index contributed by atoms with van der Waals surface area (Å²) in [6.07, 6.45) is 9.81. The highest BCUT2D eigenvalue weighted by molar-refractivity contribution is 7.15. The molecule has 0 unspecified atom stereocenters. The zero-order chi connectivity index (χ0) is 19.3. The van der Waals surface area contributed by atoms with Crippen molar-refractivity contribution in [1.82, 2.24) is 20.4 Å². The third-order valence-electron chi connectivity index (χ3n) is 5.38. The second-order valence-electron chi connectivity index (χ2n) is 7.44. The molecule has 0 spiro atoms. The van der Waals surface area contributed by atoms with E-state index in [9.17, 15) is 9.59 Å². The van der Waals surface area contributed by atoms with Gasteiger partial charge in [0.1, 0.15) is 10.0 Å². The van der Waals surface area contributed by atoms with E-state index >= 15 is 0 Å². The minimum Gasteiger partial charge on any atom is -0.300 e. The number of amides is 2. The van der Waals surface area contributed by atoms with E-state index in [-0.39, 0.29) is 23.7 Å². The molecule has 2 heterocycles. The second-order valence-corrected chi connectivity index (χ2v) is 9.57. The molecule has 8 nitrogen and oxygen atoms in total. The highest BCUT2D eigenvalue weighted by Crippen LogP contribution is 2.29. The summed E-state index contributed by atoms with van der Waals surface area (Å²) < 4.78 is 0. The van der Waals surface area contributed by atoms with Crippen LogP contribution in [0.25, 0.3) is 0 Å². The van der Waals surface area contributed by atoms with Crippen molar-refractivity contribution in [3.8, 4) is 0 Å². The van der Waals surface area contributed by atoms with Gasteiger partial charge < -0.3 is 10.6 Å². The number of aromatic nitrogens is 4. The van der Waals surface area contributed by atoms with Crippen molar-refractivity contribution >= 4 is 44.8 Å². The van der Waals surface area contributed by atoms with Gasteiger partial charge in [-0.25, -0.2) is 0 Å². The maximum Gasteiger partial charge on any atom is 0.229 e. The Hall–Kier alpha value is -1.94. The van der Waals surface area contributed by atoms with E-state index < -0.39 is 0 Å². The molecule has 2 amide bonds. The number of nitrogens with one attached hydrogen (secondary N) is 2. The van der Waals surface area contributed by atoms with Crippen LogP contribution in [0.1, 0.15) is 61.4 Å². The molecule has 28 heavy (non-hydrogen) atoms. The minimum atomic E-state index is 0.0745. The fourth-order valence-corrected chi connectivity index (χ4v) is 4.69. The quantitative estimate of drug-likeness (QED) is 0.602. The number of hydrogen-bond acceptors (Lipinski definition) is 8. The Labute approximate surface area is 171 Å². The molecule has 2 saturated carbocycles. The van der Waals surface area contributed by atoms with Gasteiger partial charge >= 0.3 is 0 Å². The largest absolute Gasteiger partial charge is 0.300 e. The van der Waals surface area contributed by atoms with Crippen LogP contribution in [0.5, 0.6) is 0 Å². The average molecular weight is 421 g/mol. The molecule has 0 aromatic carbocycles. The third kappa shape index (κ3) is 4.91. The van der Waals surface area contributed by atoms with Crippen molar-refractivity contribution in [1.29, 1.82) is 0 Å². The van der Waals surface area contributed by atoms with Crippen LogP contribution in [0, 0.1) is 11.8 Å². The van der Waals surface area contributed by atoms with E-state index in [1.165, 1.54) is 22.7 Å². The van der Waals surface area contributed by atoms with Crippen molar-refractivity contribution in [3.05, 3.63) is 10.0 Å². The van der Waals surface area contributed by atoms with E-state index in [1.54, 1.807) is 0 Å². The minimum absolute atomic E-state index is 0.0745. The van der Waals surface area contributed by atoms with Crippen LogP contribution in [0.3, 0.4) is 0 Å². The molecule has 2 aliphatic rings. The number of hydrogen-bond donors (Lipinski definition) is 2. The van der Waals surface area contributed by atoms with E-state index in [0.717, 1.165) is 74.2 Å². The van der Waals surface area contributed by atoms with Crippen molar-refractivity contribution in [3.63, 3.8) is 0 Å². The normalized spacial score (nSPS) is 17.0. The number of unbranched alkanes of at least 4 members (excludes halogenated alkanes) is 1. The summed E-state index contributed by atoms with van der Waals surface area (Å²) in [6, 6.07) is 0. The fraction of sp³-hybridized carbons (Fsp3) is 0.667. The third-order valence-corrected chi connectivity index (χ3v) is 7.17. The van der Waals surface area contributed by atoms with Gasteiger partial charge in [-0.05, 0) is 38.5 Å². The van der Waals surface area contributed by atoms with Crippen molar-refractivity contribution in [2.75, 3.05) is 10.6 Å². The summed E-state index contributed by atoms with van der Waals surface area (Å²) in [5, 5.41) is 25.3. The molecular weight excluding hydrogens is 396 g/mol. The molecular formula is C18H24N6O2S2. The topological polar surface area (TPSA) is 110 Å². The lowest BCUT2D eigenvalue weighted by molar-refractivity contribution is -0.122. The molecule has 0 atom stereocenters. The lowest BCUT2D eigenvalue weighted by Gasteiger charge is -2.23. The van der Waals surface area contributed by atoms with Crippen LogP contribution in [0.2, 0.25) is 0 Å². The van der Waals surface area contributed by atoms with E-state index in [1.807, 2.05) is 0 Å². The van der Waals surface area contributed by atoms with Gasteiger partial charge in [0.2, 0.25) is 22.1 Å². The van der Waals surface area contributed by atoms with Gasteiger partial charge in [-0.2, -0.15) is 0 Å². The standard InChI is InChI=1S/C18H24N6O2S2/c25-15(11-5-3-6-11)19-17-23-21-13(27-17)9-1-2-10-14-22-24-18(28-14)20-16(26)12-7-4-8-12/h11-12H,1-10H2,(H,19,23,25)(H,20,24,26). The smallest absolute Gasteiger partial charge is 0.229 e. The molecule has 2 aromatic heterocycles. The molecule has 2 aliphatic carbocycles. The monoisotopic (exact) mass is 420 g/mol. The molecule has 150 valence electrons. The fourth-order valence-electron chi connectivity index (χ4n) is 3.12. The number of anilines is 2. The first-order chi connectivity index (χ1) is 13.7. The predicted molar refractivity (Wildman–Crippen MR) is 108 cm³/mol. The number of carbonyl (C=O) groups excluding carboxylic acids is 2. The molecule has 0 saturated heterocycles. The molecule has 0 bridgehead atoms. The zero-order valence-electron chi connectivity index (χ0n) is 15.6. The molecule has 10 heteroatoms. The number of aryl methyl sites for hydroxylation is 2. The molecule has 2 N–H and O–H groups in total. The summed E-state index contributed by atoms with van der Waals surface area (Å²) in [5.74, 6) is 0.459. The Morgan fingerprint density at radius 2 is 1.18 bits per heavy atom. The maximum absolute atomic E-state index is 11.9. The van der Waals surface area contributed by atoms with Gasteiger partial charge in [0.25, 0.3) is 0 Å². The SMILES string of the molecule is O=C(Nc1nnc(CCCCc2nnc(NC(=O)C3CCC3)s2)s1)C1CCC1. The predicted octanol–water partition coefficient (Wildman–Crippen LogP) is 3.43. The number of nitrogens with zero attached hydrogens (tertiary/aromatic N) is 4. The Balaban J connectivity index is 1.15. The summed E-state index contributed by atoms with van der Waals surface area (Å²) in [6.45, 7) is 0. The van der Waals surface area contributed by atoms with Crippen LogP contribution < -0.4 is 10.6 Å². The van der Waals surface area contributed by atoms with Crippen LogP contribution in [0.4, 0.5) is 10.3 Å². The average Bonchev–Trinajstić information content (AvgIpc) is 3.17. The van der Waals surface area contributed by atoms with E-state index in [4.69, 9.17) is 0 Å². The van der Waals surface area contributed by atoms with Crippen molar-refractivity contribution in [2.24, 2.45) is 11.8 Å². The van der Waals surface area contributed by atoms with Crippen LogP contribution >= 0.6 is 22.7 Å². The van der Waals surface area contributed by atoms with Crippen LogP contribution in [-0.2, 0) is 22.4 Å². The Kier molecular flexibility index (Phi) is 6.26. The van der Waals surface area contributed by atoms with Gasteiger partial charge in [-0.15, -0.1) is 20.4 Å². The van der Waals surface area contributed by atoms with Crippen LogP contribution in [0.15, 0.2) is 0 Å². The summed E-state index contributed by atoms with van der Waals surface area (Å²) in [7, 11) is 0. The number of carbonyl (C=O) groups is 2. The Morgan fingerprint density at radius 1 is 0.750 bits per heavy atom. The summed E-state index contributed by atoms with van der Waals surface area (Å²) >= 11 is 2.91. The molecule has 4 rings (SSSR count). The van der Waals surface area contributed by atoms with Crippen molar-refractivity contribution < 1.29 is 9.59 Å². The van der Waals surface area contributed by atoms with Gasteiger partial charge in [-0.3, -0.25) is 9.59 Å². The summed E-state index contributed by atoms with van der Waals surface area (Å²) in [4.78, 5) is 23.9. The second kappa shape index (κ2) is 9.04. The molecule has 2 fully saturated rings.